The molecule has 0 aliphatic rings. The minimum absolute atomic E-state index is 0.364. The molecule has 0 atom stereocenters. The van der Waals surface area contributed by atoms with Gasteiger partial charge in [-0.1, -0.05) is 36.2 Å². The smallest absolute Gasteiger partial charge is 0.238 e. The van der Waals surface area contributed by atoms with Crippen LogP contribution >= 0.6 is 23.2 Å². The number of nitrogens with one attached hydrogen (secondary N) is 1. The van der Waals surface area contributed by atoms with E-state index in [0.717, 1.165) is 30.6 Å². The third-order valence-electron chi connectivity index (χ3n) is 2.91. The molecule has 0 bridgehead atoms. The van der Waals surface area contributed by atoms with E-state index < -0.39 is 0 Å². The first-order valence-corrected chi connectivity index (χ1v) is 7.65. The highest BCUT2D eigenvalue weighted by molar-refractivity contribution is 6.32. The summed E-state index contributed by atoms with van der Waals surface area (Å²) in [4.78, 5) is 4.27. The standard InChI is InChI=1S/C16H18Cl2N2O/c1-3-6-19-9-12-8-14(18)16(20-10-12)21-15-7-11(2)4-5-13(15)17/h4-5,7-8,10,19H,3,6,9H2,1-2H3. The van der Waals surface area contributed by atoms with Crippen LogP contribution in [-0.2, 0) is 6.54 Å². The van der Waals surface area contributed by atoms with Crippen LogP contribution in [0.3, 0.4) is 0 Å². The number of benzene rings is 1. The summed E-state index contributed by atoms with van der Waals surface area (Å²) in [6.45, 7) is 5.81. The van der Waals surface area contributed by atoms with Gasteiger partial charge >= 0.3 is 0 Å². The second-order valence-electron chi connectivity index (χ2n) is 4.84. The lowest BCUT2D eigenvalue weighted by Crippen LogP contribution is -2.13. The lowest BCUT2D eigenvalue weighted by Gasteiger charge is -2.10. The zero-order valence-electron chi connectivity index (χ0n) is 12.1. The van der Waals surface area contributed by atoms with E-state index in [1.807, 2.05) is 25.1 Å². The molecule has 1 heterocycles. The zero-order chi connectivity index (χ0) is 15.2. The third-order valence-corrected chi connectivity index (χ3v) is 3.50. The van der Waals surface area contributed by atoms with E-state index in [0.29, 0.717) is 21.7 Å². The summed E-state index contributed by atoms with van der Waals surface area (Å²) >= 11 is 12.3. The Morgan fingerprint density at radius 3 is 2.71 bits per heavy atom. The maximum Gasteiger partial charge on any atom is 0.238 e. The van der Waals surface area contributed by atoms with Crippen molar-refractivity contribution in [2.24, 2.45) is 0 Å². The van der Waals surface area contributed by atoms with Crippen LogP contribution in [-0.4, -0.2) is 11.5 Å². The summed E-state index contributed by atoms with van der Waals surface area (Å²) < 4.78 is 5.71. The molecule has 2 aromatic rings. The Labute approximate surface area is 135 Å². The van der Waals surface area contributed by atoms with Crippen molar-refractivity contribution in [3.63, 3.8) is 0 Å². The summed E-state index contributed by atoms with van der Waals surface area (Å²) in [7, 11) is 0. The van der Waals surface area contributed by atoms with Gasteiger partial charge in [0.05, 0.1) is 5.02 Å². The van der Waals surface area contributed by atoms with Crippen LogP contribution < -0.4 is 10.1 Å². The Bertz CT molecular complexity index is 617. The van der Waals surface area contributed by atoms with E-state index in [2.05, 4.69) is 17.2 Å². The molecule has 1 N–H and O–H groups in total. The monoisotopic (exact) mass is 324 g/mol. The minimum atomic E-state index is 0.364. The van der Waals surface area contributed by atoms with Gasteiger partial charge in [0.15, 0.2) is 0 Å². The average Bonchev–Trinajstić information content (AvgIpc) is 2.46. The van der Waals surface area contributed by atoms with Crippen molar-refractivity contribution in [2.45, 2.75) is 26.8 Å². The maximum absolute atomic E-state index is 6.23. The topological polar surface area (TPSA) is 34.2 Å². The lowest BCUT2D eigenvalue weighted by atomic mass is 10.2. The summed E-state index contributed by atoms with van der Waals surface area (Å²) in [5, 5.41) is 4.31. The van der Waals surface area contributed by atoms with Gasteiger partial charge in [-0.25, -0.2) is 4.98 Å². The SMILES string of the molecule is CCCNCc1cnc(Oc2cc(C)ccc2Cl)c(Cl)c1. The summed E-state index contributed by atoms with van der Waals surface area (Å²) in [5.74, 6) is 0.923. The number of hydrogen-bond acceptors (Lipinski definition) is 3. The van der Waals surface area contributed by atoms with Crippen LogP contribution in [0.25, 0.3) is 0 Å². The van der Waals surface area contributed by atoms with E-state index in [-0.39, 0.29) is 0 Å². The Kier molecular flexibility index (Phi) is 5.85. The molecule has 0 spiro atoms. The van der Waals surface area contributed by atoms with Crippen molar-refractivity contribution in [3.05, 3.63) is 51.6 Å². The van der Waals surface area contributed by atoms with E-state index in [1.54, 1.807) is 12.3 Å². The normalized spacial score (nSPS) is 10.7. The van der Waals surface area contributed by atoms with Crippen molar-refractivity contribution in [1.29, 1.82) is 0 Å². The van der Waals surface area contributed by atoms with E-state index in [9.17, 15) is 0 Å². The molecule has 0 unspecified atom stereocenters. The predicted octanol–water partition coefficient (Wildman–Crippen LogP) is 4.99. The van der Waals surface area contributed by atoms with E-state index in [4.69, 9.17) is 27.9 Å². The zero-order valence-corrected chi connectivity index (χ0v) is 13.6. The van der Waals surface area contributed by atoms with Gasteiger partial charge in [0.1, 0.15) is 10.8 Å². The highest BCUT2D eigenvalue weighted by atomic mass is 35.5. The Morgan fingerprint density at radius 2 is 2.00 bits per heavy atom. The molecule has 0 aliphatic carbocycles. The molecule has 0 saturated heterocycles. The highest BCUT2D eigenvalue weighted by Crippen LogP contribution is 2.32. The quantitative estimate of drug-likeness (QED) is 0.760. The molecular formula is C16H18Cl2N2O. The number of rotatable bonds is 6. The fraction of sp³-hybridized carbons (Fsp3) is 0.312. The summed E-state index contributed by atoms with van der Waals surface area (Å²) in [6, 6.07) is 7.43. The number of pyridine rings is 1. The molecule has 0 saturated carbocycles. The molecular weight excluding hydrogens is 307 g/mol. The van der Waals surface area contributed by atoms with E-state index in [1.165, 1.54) is 0 Å². The fourth-order valence-electron chi connectivity index (χ4n) is 1.84. The maximum atomic E-state index is 6.23. The highest BCUT2D eigenvalue weighted by Gasteiger charge is 2.09. The molecule has 2 rings (SSSR count). The molecule has 21 heavy (non-hydrogen) atoms. The second-order valence-corrected chi connectivity index (χ2v) is 5.66. The molecule has 0 fully saturated rings. The Hall–Kier alpha value is -1.29. The van der Waals surface area contributed by atoms with Crippen LogP contribution in [0.1, 0.15) is 24.5 Å². The van der Waals surface area contributed by atoms with Crippen LogP contribution in [0, 0.1) is 6.92 Å². The van der Waals surface area contributed by atoms with E-state index >= 15 is 0 Å². The van der Waals surface area contributed by atoms with Crippen LogP contribution in [0.4, 0.5) is 0 Å². The molecule has 1 aromatic heterocycles. The molecule has 0 radical (unpaired) electrons. The van der Waals surface area contributed by atoms with Crippen molar-refractivity contribution in [1.82, 2.24) is 10.3 Å². The molecule has 3 nitrogen and oxygen atoms in total. The van der Waals surface area contributed by atoms with Gasteiger partial charge in [0, 0.05) is 12.7 Å². The van der Waals surface area contributed by atoms with Crippen molar-refractivity contribution in [2.75, 3.05) is 6.54 Å². The van der Waals surface area contributed by atoms with Gasteiger partial charge in [-0.2, -0.15) is 0 Å². The third kappa shape index (κ3) is 4.60. The summed E-state index contributed by atoms with van der Waals surface area (Å²) in [5.41, 5.74) is 2.09. The number of nitrogens with zero attached hydrogens (tertiary/aromatic N) is 1. The minimum Gasteiger partial charge on any atom is -0.436 e. The van der Waals surface area contributed by atoms with Crippen LogP contribution in [0.15, 0.2) is 30.5 Å². The van der Waals surface area contributed by atoms with Crippen molar-refractivity contribution >= 4 is 23.2 Å². The summed E-state index contributed by atoms with van der Waals surface area (Å²) in [6.07, 6.45) is 2.85. The van der Waals surface area contributed by atoms with Crippen LogP contribution in [0.2, 0.25) is 10.0 Å². The van der Waals surface area contributed by atoms with Gasteiger partial charge in [-0.05, 0) is 49.2 Å². The molecule has 1 aromatic carbocycles. The molecule has 0 aliphatic heterocycles. The number of hydrogen-bond donors (Lipinski definition) is 1. The number of halogens is 2. The Balaban J connectivity index is 2.12. The Morgan fingerprint density at radius 1 is 1.19 bits per heavy atom. The molecule has 5 heteroatoms. The van der Waals surface area contributed by atoms with Gasteiger partial charge < -0.3 is 10.1 Å². The lowest BCUT2D eigenvalue weighted by molar-refractivity contribution is 0.462. The molecule has 112 valence electrons. The first kappa shape index (κ1) is 16.1. The van der Waals surface area contributed by atoms with Crippen molar-refractivity contribution < 1.29 is 4.74 Å². The number of aryl methyl sites for hydroxylation is 1. The first-order valence-electron chi connectivity index (χ1n) is 6.89. The second kappa shape index (κ2) is 7.64. The molecule has 0 amide bonds. The number of aromatic nitrogens is 1. The average molecular weight is 325 g/mol. The van der Waals surface area contributed by atoms with Gasteiger partial charge in [0.25, 0.3) is 0 Å². The fourth-order valence-corrected chi connectivity index (χ4v) is 2.22. The van der Waals surface area contributed by atoms with Gasteiger partial charge in [0.2, 0.25) is 5.88 Å². The van der Waals surface area contributed by atoms with Crippen LogP contribution in [0.5, 0.6) is 11.6 Å². The largest absolute Gasteiger partial charge is 0.436 e. The first-order chi connectivity index (χ1) is 10.1. The number of ether oxygens (including phenoxy) is 1. The predicted molar refractivity (Wildman–Crippen MR) is 87.5 cm³/mol. The van der Waals surface area contributed by atoms with Gasteiger partial charge in [-0.3, -0.25) is 0 Å². The van der Waals surface area contributed by atoms with Crippen molar-refractivity contribution in [3.8, 4) is 11.6 Å². The van der Waals surface area contributed by atoms with Gasteiger partial charge in [-0.15, -0.1) is 0 Å².